The Kier molecular flexibility index (Phi) is 11.9. The van der Waals surface area contributed by atoms with Crippen molar-refractivity contribution >= 4 is 0 Å². The molecule has 0 saturated heterocycles. The molecule has 0 spiro atoms. The number of rotatable bonds is 13. The SMILES string of the molecule is CCCC/C=C/CCCCCCCCCc1ccccc1. The highest BCUT2D eigenvalue weighted by Crippen LogP contribution is 2.11. The molecule has 1 rings (SSSR count). The minimum Gasteiger partial charge on any atom is -0.0885 e. The first-order valence-corrected chi connectivity index (χ1v) is 9.12. The van der Waals surface area contributed by atoms with Crippen LogP contribution in [-0.4, -0.2) is 0 Å². The molecule has 118 valence electrons. The lowest BCUT2D eigenvalue weighted by Gasteiger charge is -2.02. The highest BCUT2D eigenvalue weighted by Gasteiger charge is 1.93. The summed E-state index contributed by atoms with van der Waals surface area (Å²) in [5.41, 5.74) is 1.49. The average Bonchev–Trinajstić information content (AvgIpc) is 2.53. The van der Waals surface area contributed by atoms with E-state index in [2.05, 4.69) is 49.4 Å². The molecule has 0 atom stereocenters. The predicted molar refractivity (Wildman–Crippen MR) is 95.7 cm³/mol. The molecular formula is C21H34. The lowest BCUT2D eigenvalue weighted by atomic mass is 10.0. The molecule has 0 heteroatoms. The summed E-state index contributed by atoms with van der Waals surface area (Å²) in [5, 5.41) is 0. The zero-order valence-electron chi connectivity index (χ0n) is 14.0. The van der Waals surface area contributed by atoms with E-state index in [9.17, 15) is 0 Å². The Hall–Kier alpha value is -1.04. The van der Waals surface area contributed by atoms with Gasteiger partial charge in [0, 0.05) is 0 Å². The summed E-state index contributed by atoms with van der Waals surface area (Å²) in [6, 6.07) is 10.9. The molecule has 0 nitrogen and oxygen atoms in total. The van der Waals surface area contributed by atoms with Gasteiger partial charge < -0.3 is 0 Å². The minimum absolute atomic E-state index is 1.25. The van der Waals surface area contributed by atoms with E-state index in [4.69, 9.17) is 0 Å². The molecule has 21 heavy (non-hydrogen) atoms. The molecule has 0 aliphatic carbocycles. The second-order valence-electron chi connectivity index (χ2n) is 6.11. The van der Waals surface area contributed by atoms with Crippen LogP contribution in [-0.2, 0) is 6.42 Å². The van der Waals surface area contributed by atoms with Crippen LogP contribution in [0.5, 0.6) is 0 Å². The summed E-state index contributed by atoms with van der Waals surface area (Å²) in [6.07, 6.45) is 21.0. The molecule has 0 bridgehead atoms. The first-order valence-electron chi connectivity index (χ1n) is 9.12. The van der Waals surface area contributed by atoms with Gasteiger partial charge in [0.2, 0.25) is 0 Å². The summed E-state index contributed by atoms with van der Waals surface area (Å²) in [6.45, 7) is 2.26. The van der Waals surface area contributed by atoms with Crippen LogP contribution in [0, 0.1) is 0 Å². The van der Waals surface area contributed by atoms with Gasteiger partial charge >= 0.3 is 0 Å². The molecule has 0 radical (unpaired) electrons. The number of allylic oxidation sites excluding steroid dienone is 2. The van der Waals surface area contributed by atoms with Crippen molar-refractivity contribution in [2.24, 2.45) is 0 Å². The first kappa shape index (κ1) is 18.0. The number of hydrogen-bond acceptors (Lipinski definition) is 0. The fourth-order valence-electron chi connectivity index (χ4n) is 2.68. The van der Waals surface area contributed by atoms with Gasteiger partial charge in [0.15, 0.2) is 0 Å². The van der Waals surface area contributed by atoms with E-state index in [-0.39, 0.29) is 0 Å². The van der Waals surface area contributed by atoms with Crippen molar-refractivity contribution < 1.29 is 0 Å². The van der Waals surface area contributed by atoms with Gasteiger partial charge in [0.1, 0.15) is 0 Å². The lowest BCUT2D eigenvalue weighted by molar-refractivity contribution is 0.581. The molecule has 0 aliphatic heterocycles. The zero-order chi connectivity index (χ0) is 15.0. The normalized spacial score (nSPS) is 11.3. The van der Waals surface area contributed by atoms with Crippen LogP contribution in [0.1, 0.15) is 83.1 Å². The molecule has 0 N–H and O–H groups in total. The molecule has 0 unspecified atom stereocenters. The quantitative estimate of drug-likeness (QED) is 0.268. The average molecular weight is 287 g/mol. The van der Waals surface area contributed by atoms with Gasteiger partial charge in [-0.3, -0.25) is 0 Å². The molecule has 0 heterocycles. The molecule has 0 aromatic heterocycles. The Morgan fingerprint density at radius 2 is 1.24 bits per heavy atom. The van der Waals surface area contributed by atoms with Gasteiger partial charge in [0.25, 0.3) is 0 Å². The summed E-state index contributed by atoms with van der Waals surface area (Å²) in [5.74, 6) is 0. The summed E-state index contributed by atoms with van der Waals surface area (Å²) >= 11 is 0. The van der Waals surface area contributed by atoms with Crippen molar-refractivity contribution in [3.05, 3.63) is 48.0 Å². The summed E-state index contributed by atoms with van der Waals surface area (Å²) < 4.78 is 0. The van der Waals surface area contributed by atoms with Crippen molar-refractivity contribution in [2.75, 3.05) is 0 Å². The van der Waals surface area contributed by atoms with Crippen LogP contribution in [0.25, 0.3) is 0 Å². The van der Waals surface area contributed by atoms with Crippen molar-refractivity contribution in [3.8, 4) is 0 Å². The lowest BCUT2D eigenvalue weighted by Crippen LogP contribution is -1.85. The van der Waals surface area contributed by atoms with E-state index >= 15 is 0 Å². The first-order chi connectivity index (χ1) is 10.4. The molecular weight excluding hydrogens is 252 g/mol. The second kappa shape index (κ2) is 13.9. The smallest absolute Gasteiger partial charge is 0.0279 e. The third-order valence-electron chi connectivity index (χ3n) is 4.07. The van der Waals surface area contributed by atoms with E-state index in [1.54, 1.807) is 0 Å². The Morgan fingerprint density at radius 1 is 0.667 bits per heavy atom. The van der Waals surface area contributed by atoms with Crippen molar-refractivity contribution in [3.63, 3.8) is 0 Å². The van der Waals surface area contributed by atoms with Gasteiger partial charge in [-0.2, -0.15) is 0 Å². The number of aryl methyl sites for hydroxylation is 1. The molecule has 0 saturated carbocycles. The second-order valence-corrected chi connectivity index (χ2v) is 6.11. The number of benzene rings is 1. The Balaban J connectivity index is 1.79. The largest absolute Gasteiger partial charge is 0.0885 e. The van der Waals surface area contributed by atoms with Crippen LogP contribution in [0.3, 0.4) is 0 Å². The van der Waals surface area contributed by atoms with E-state index in [0.29, 0.717) is 0 Å². The summed E-state index contributed by atoms with van der Waals surface area (Å²) in [4.78, 5) is 0. The van der Waals surface area contributed by atoms with E-state index in [1.807, 2.05) is 0 Å². The van der Waals surface area contributed by atoms with Crippen LogP contribution in [0.15, 0.2) is 42.5 Å². The van der Waals surface area contributed by atoms with E-state index in [1.165, 1.54) is 82.6 Å². The maximum absolute atomic E-state index is 2.38. The Bertz CT molecular complexity index is 336. The van der Waals surface area contributed by atoms with Gasteiger partial charge in [-0.05, 0) is 37.7 Å². The highest BCUT2D eigenvalue weighted by molar-refractivity contribution is 5.14. The monoisotopic (exact) mass is 286 g/mol. The minimum atomic E-state index is 1.25. The van der Waals surface area contributed by atoms with Crippen LogP contribution < -0.4 is 0 Å². The molecule has 0 fully saturated rings. The third kappa shape index (κ3) is 11.3. The summed E-state index contributed by atoms with van der Waals surface area (Å²) in [7, 11) is 0. The van der Waals surface area contributed by atoms with Crippen molar-refractivity contribution in [1.29, 1.82) is 0 Å². The van der Waals surface area contributed by atoms with E-state index < -0.39 is 0 Å². The zero-order valence-corrected chi connectivity index (χ0v) is 14.0. The topological polar surface area (TPSA) is 0 Å². The molecule has 1 aromatic carbocycles. The van der Waals surface area contributed by atoms with Crippen molar-refractivity contribution in [2.45, 2.75) is 84.0 Å². The Morgan fingerprint density at radius 3 is 1.90 bits per heavy atom. The molecule has 0 aliphatic rings. The van der Waals surface area contributed by atoms with Gasteiger partial charge in [-0.1, -0.05) is 94.4 Å². The maximum Gasteiger partial charge on any atom is -0.0279 e. The fraction of sp³-hybridized carbons (Fsp3) is 0.619. The van der Waals surface area contributed by atoms with Gasteiger partial charge in [-0.15, -0.1) is 0 Å². The third-order valence-corrected chi connectivity index (χ3v) is 4.07. The standard InChI is InChI=1S/C21H34/c1-2-3-4-5-6-7-8-9-10-11-12-13-15-18-21-19-16-14-17-20-21/h5-6,14,16-17,19-20H,2-4,7-13,15,18H2,1H3/b6-5+. The van der Waals surface area contributed by atoms with Crippen LogP contribution in [0.4, 0.5) is 0 Å². The maximum atomic E-state index is 2.38. The highest BCUT2D eigenvalue weighted by atomic mass is 14.0. The van der Waals surface area contributed by atoms with Crippen LogP contribution >= 0.6 is 0 Å². The van der Waals surface area contributed by atoms with Crippen molar-refractivity contribution in [1.82, 2.24) is 0 Å². The van der Waals surface area contributed by atoms with Gasteiger partial charge in [-0.25, -0.2) is 0 Å². The Labute approximate surface area is 132 Å². The molecule has 1 aromatic rings. The fourth-order valence-corrected chi connectivity index (χ4v) is 2.68. The van der Waals surface area contributed by atoms with E-state index in [0.717, 1.165) is 0 Å². The molecule has 0 amide bonds. The number of unbranched alkanes of at least 4 members (excludes halogenated alkanes) is 9. The van der Waals surface area contributed by atoms with Gasteiger partial charge in [0.05, 0.1) is 0 Å². The predicted octanol–water partition coefficient (Wildman–Crippen LogP) is 7.10. The van der Waals surface area contributed by atoms with Crippen LogP contribution in [0.2, 0.25) is 0 Å². The number of hydrogen-bond donors (Lipinski definition) is 0.